The molecule has 1 aliphatic heterocycles. The fraction of sp³-hybridized carbons (Fsp3) is 0.500. The number of benzene rings is 1. The first-order valence-corrected chi connectivity index (χ1v) is 7.25. The van der Waals surface area contributed by atoms with Crippen LogP contribution < -0.4 is 5.32 Å². The molecule has 0 saturated carbocycles. The van der Waals surface area contributed by atoms with Crippen LogP contribution in [0.5, 0.6) is 0 Å². The molecule has 1 aromatic rings. The molecule has 0 aromatic heterocycles. The Morgan fingerprint density at radius 1 is 1.57 bits per heavy atom. The van der Waals surface area contributed by atoms with Crippen molar-refractivity contribution >= 4 is 23.2 Å². The van der Waals surface area contributed by atoms with E-state index in [1.807, 2.05) is 6.92 Å². The molecule has 1 N–H and O–H groups in total. The van der Waals surface area contributed by atoms with E-state index in [4.69, 9.17) is 16.3 Å². The molecule has 0 aliphatic carbocycles. The van der Waals surface area contributed by atoms with Crippen molar-refractivity contribution in [3.63, 3.8) is 0 Å². The fourth-order valence-corrected chi connectivity index (χ4v) is 2.82. The van der Waals surface area contributed by atoms with E-state index in [0.29, 0.717) is 13.2 Å². The highest BCUT2D eigenvalue weighted by Gasteiger charge is 2.28. The summed E-state index contributed by atoms with van der Waals surface area (Å²) in [6.07, 6.45) is 1.91. The SMILES string of the molecule is CCC1OCCC1CNC(=O)c1cccc(Cl)c1[N+](=O)[O-]. The largest absolute Gasteiger partial charge is 0.378 e. The third kappa shape index (κ3) is 3.51. The Balaban J connectivity index is 2.07. The molecule has 0 bridgehead atoms. The summed E-state index contributed by atoms with van der Waals surface area (Å²) in [4.78, 5) is 22.6. The number of nitrogens with one attached hydrogen (secondary N) is 1. The van der Waals surface area contributed by atoms with Gasteiger partial charge in [-0.1, -0.05) is 24.6 Å². The fourth-order valence-electron chi connectivity index (χ4n) is 2.58. The van der Waals surface area contributed by atoms with Crippen molar-refractivity contribution in [1.29, 1.82) is 0 Å². The first kappa shape index (κ1) is 15.7. The summed E-state index contributed by atoms with van der Waals surface area (Å²) < 4.78 is 5.55. The van der Waals surface area contributed by atoms with Gasteiger partial charge in [0.2, 0.25) is 0 Å². The van der Waals surface area contributed by atoms with E-state index in [2.05, 4.69) is 5.32 Å². The monoisotopic (exact) mass is 312 g/mol. The van der Waals surface area contributed by atoms with Gasteiger partial charge < -0.3 is 10.1 Å². The van der Waals surface area contributed by atoms with E-state index in [0.717, 1.165) is 12.8 Å². The molecule has 1 aromatic carbocycles. The van der Waals surface area contributed by atoms with Crippen molar-refractivity contribution in [3.8, 4) is 0 Å². The summed E-state index contributed by atoms with van der Waals surface area (Å²) in [7, 11) is 0. The number of carbonyl (C=O) groups excluding carboxylic acids is 1. The molecule has 114 valence electrons. The van der Waals surface area contributed by atoms with E-state index in [9.17, 15) is 14.9 Å². The van der Waals surface area contributed by atoms with E-state index in [-0.39, 0.29) is 28.3 Å². The minimum Gasteiger partial charge on any atom is -0.378 e. The topological polar surface area (TPSA) is 81.5 Å². The van der Waals surface area contributed by atoms with E-state index < -0.39 is 10.8 Å². The Labute approximate surface area is 127 Å². The van der Waals surface area contributed by atoms with E-state index in [1.54, 1.807) is 0 Å². The molecule has 1 saturated heterocycles. The van der Waals surface area contributed by atoms with Crippen LogP contribution in [-0.4, -0.2) is 30.1 Å². The smallest absolute Gasteiger partial charge is 0.300 e. The molecule has 2 unspecified atom stereocenters. The van der Waals surface area contributed by atoms with Crippen LogP contribution in [-0.2, 0) is 4.74 Å². The average Bonchev–Trinajstić information content (AvgIpc) is 2.91. The average molecular weight is 313 g/mol. The van der Waals surface area contributed by atoms with E-state index in [1.165, 1.54) is 18.2 Å². The van der Waals surface area contributed by atoms with Gasteiger partial charge in [0.15, 0.2) is 0 Å². The van der Waals surface area contributed by atoms with Crippen molar-refractivity contribution in [3.05, 3.63) is 38.9 Å². The lowest BCUT2D eigenvalue weighted by atomic mass is 9.99. The molecule has 2 atom stereocenters. The maximum Gasteiger partial charge on any atom is 0.300 e. The zero-order valence-electron chi connectivity index (χ0n) is 11.7. The Morgan fingerprint density at radius 3 is 3.00 bits per heavy atom. The molecule has 21 heavy (non-hydrogen) atoms. The maximum absolute atomic E-state index is 12.2. The number of halogens is 1. The third-order valence-electron chi connectivity index (χ3n) is 3.69. The molecule has 1 fully saturated rings. The molecule has 6 nitrogen and oxygen atoms in total. The minimum atomic E-state index is -0.634. The highest BCUT2D eigenvalue weighted by Crippen LogP contribution is 2.28. The van der Waals surface area contributed by atoms with Crippen LogP contribution in [0.3, 0.4) is 0 Å². The predicted molar refractivity (Wildman–Crippen MR) is 78.6 cm³/mol. The van der Waals surface area contributed by atoms with Crippen molar-refractivity contribution in [1.82, 2.24) is 5.32 Å². The summed E-state index contributed by atoms with van der Waals surface area (Å²) >= 11 is 5.80. The molecule has 1 aliphatic rings. The summed E-state index contributed by atoms with van der Waals surface area (Å²) in [5, 5.41) is 13.7. The molecule has 7 heteroatoms. The van der Waals surface area contributed by atoms with Crippen LogP contribution in [0.1, 0.15) is 30.1 Å². The molecule has 0 spiro atoms. The molecule has 1 heterocycles. The van der Waals surface area contributed by atoms with Crippen LogP contribution in [0.4, 0.5) is 5.69 Å². The van der Waals surface area contributed by atoms with Gasteiger partial charge in [0.1, 0.15) is 10.6 Å². The van der Waals surface area contributed by atoms with E-state index >= 15 is 0 Å². The highest BCUT2D eigenvalue weighted by molar-refractivity contribution is 6.33. The second-order valence-corrected chi connectivity index (χ2v) is 5.38. The van der Waals surface area contributed by atoms with Crippen molar-refractivity contribution in [2.45, 2.75) is 25.9 Å². The van der Waals surface area contributed by atoms with Gasteiger partial charge in [-0.3, -0.25) is 14.9 Å². The van der Waals surface area contributed by atoms with Gasteiger partial charge in [-0.2, -0.15) is 0 Å². The predicted octanol–water partition coefficient (Wildman–Crippen LogP) is 2.79. The van der Waals surface area contributed by atoms with Crippen LogP contribution in [0, 0.1) is 16.0 Å². The number of para-hydroxylation sites is 1. The van der Waals surface area contributed by atoms with Gasteiger partial charge in [0.25, 0.3) is 5.91 Å². The van der Waals surface area contributed by atoms with Crippen LogP contribution in [0.2, 0.25) is 5.02 Å². The molecule has 1 amide bonds. The second-order valence-electron chi connectivity index (χ2n) is 4.97. The number of hydrogen-bond acceptors (Lipinski definition) is 4. The number of ether oxygens (including phenoxy) is 1. The standard InChI is InChI=1S/C14H17ClN2O4/c1-2-12-9(6-7-21-12)8-16-14(18)10-4-3-5-11(15)13(10)17(19)20/h3-5,9,12H,2,6-8H2,1H3,(H,16,18). The van der Waals surface area contributed by atoms with Gasteiger partial charge in [-0.25, -0.2) is 0 Å². The normalized spacial score (nSPS) is 21.2. The first-order valence-electron chi connectivity index (χ1n) is 6.87. The summed E-state index contributed by atoms with van der Waals surface area (Å²) in [5.74, 6) is -0.233. The molecule has 2 rings (SSSR count). The lowest BCUT2D eigenvalue weighted by Gasteiger charge is -2.17. The lowest BCUT2D eigenvalue weighted by Crippen LogP contribution is -2.33. The molecular weight excluding hydrogens is 296 g/mol. The quantitative estimate of drug-likeness (QED) is 0.669. The van der Waals surface area contributed by atoms with Gasteiger partial charge in [-0.15, -0.1) is 0 Å². The van der Waals surface area contributed by atoms with Crippen molar-refractivity contribution in [2.24, 2.45) is 5.92 Å². The Kier molecular flexibility index (Phi) is 5.14. The number of rotatable bonds is 5. The number of amides is 1. The zero-order valence-corrected chi connectivity index (χ0v) is 12.4. The first-order chi connectivity index (χ1) is 10.0. The van der Waals surface area contributed by atoms with Crippen LogP contribution >= 0.6 is 11.6 Å². The lowest BCUT2D eigenvalue weighted by molar-refractivity contribution is -0.385. The van der Waals surface area contributed by atoms with Crippen molar-refractivity contribution in [2.75, 3.05) is 13.2 Å². The number of nitro benzene ring substituents is 1. The van der Waals surface area contributed by atoms with Gasteiger partial charge in [-0.05, 0) is 25.0 Å². The minimum absolute atomic E-state index is 0.0144. The van der Waals surface area contributed by atoms with Crippen molar-refractivity contribution < 1.29 is 14.5 Å². The summed E-state index contributed by atoms with van der Waals surface area (Å²) in [5.41, 5.74) is -0.370. The Morgan fingerprint density at radius 2 is 2.33 bits per heavy atom. The van der Waals surface area contributed by atoms with Gasteiger partial charge in [0.05, 0.1) is 11.0 Å². The second kappa shape index (κ2) is 6.87. The zero-order chi connectivity index (χ0) is 15.4. The Hall–Kier alpha value is -1.66. The van der Waals surface area contributed by atoms with Crippen LogP contribution in [0.25, 0.3) is 0 Å². The van der Waals surface area contributed by atoms with Crippen LogP contribution in [0.15, 0.2) is 18.2 Å². The number of nitrogens with zero attached hydrogens (tertiary/aromatic N) is 1. The number of nitro groups is 1. The van der Waals surface area contributed by atoms with Gasteiger partial charge >= 0.3 is 5.69 Å². The molecular formula is C14H17ClN2O4. The summed E-state index contributed by atoms with van der Waals surface area (Å²) in [6, 6.07) is 4.33. The third-order valence-corrected chi connectivity index (χ3v) is 3.99. The number of hydrogen-bond donors (Lipinski definition) is 1. The Bertz CT molecular complexity index is 550. The number of carbonyl (C=O) groups is 1. The summed E-state index contributed by atoms with van der Waals surface area (Å²) in [6.45, 7) is 3.17. The maximum atomic E-state index is 12.2. The highest BCUT2D eigenvalue weighted by atomic mass is 35.5. The van der Waals surface area contributed by atoms with Gasteiger partial charge in [0, 0.05) is 19.1 Å². The molecule has 0 radical (unpaired) electrons.